The Labute approximate surface area is 83.2 Å². The van der Waals surface area contributed by atoms with E-state index in [1.807, 2.05) is 25.4 Å². The van der Waals surface area contributed by atoms with Gasteiger partial charge in [-0.25, -0.2) is 4.98 Å². The van der Waals surface area contributed by atoms with Crippen LogP contribution in [0.4, 0.5) is 0 Å². The van der Waals surface area contributed by atoms with Gasteiger partial charge in [-0.15, -0.1) is 0 Å². The first kappa shape index (κ1) is 8.94. The summed E-state index contributed by atoms with van der Waals surface area (Å²) in [7, 11) is 0. The van der Waals surface area contributed by atoms with Crippen LogP contribution in [0.15, 0.2) is 24.5 Å². The lowest BCUT2D eigenvalue weighted by molar-refractivity contribution is 1.11. The highest BCUT2D eigenvalue weighted by Gasteiger charge is 2.02. The number of pyridine rings is 1. The van der Waals surface area contributed by atoms with Crippen LogP contribution in [0.1, 0.15) is 18.2 Å². The third kappa shape index (κ3) is 1.66. The maximum absolute atomic E-state index is 4.28. The van der Waals surface area contributed by atoms with E-state index in [2.05, 4.69) is 27.9 Å². The van der Waals surface area contributed by atoms with Crippen LogP contribution in [-0.2, 0) is 6.42 Å². The lowest BCUT2D eigenvalue weighted by atomic mass is 10.2. The minimum Gasteiger partial charge on any atom is -0.341 e. The molecule has 0 aliphatic heterocycles. The zero-order chi connectivity index (χ0) is 9.97. The minimum atomic E-state index is 0.845. The fourth-order valence-electron chi connectivity index (χ4n) is 1.37. The minimum absolute atomic E-state index is 0.845. The lowest BCUT2D eigenvalue weighted by Gasteiger charge is -1.98. The predicted octanol–water partition coefficient (Wildman–Crippen LogP) is 2.34. The Morgan fingerprint density at radius 3 is 2.86 bits per heavy atom. The number of nitrogens with zero attached hydrogens (tertiary/aromatic N) is 2. The van der Waals surface area contributed by atoms with Crippen LogP contribution < -0.4 is 0 Å². The molecule has 0 saturated heterocycles. The van der Waals surface area contributed by atoms with E-state index < -0.39 is 0 Å². The first-order valence-corrected chi connectivity index (χ1v) is 4.76. The van der Waals surface area contributed by atoms with Gasteiger partial charge in [0.1, 0.15) is 5.69 Å². The molecule has 0 aliphatic rings. The van der Waals surface area contributed by atoms with Gasteiger partial charge in [0.25, 0.3) is 0 Å². The molecule has 0 aromatic carbocycles. The third-order valence-electron chi connectivity index (χ3n) is 2.18. The zero-order valence-corrected chi connectivity index (χ0v) is 8.41. The smallest absolute Gasteiger partial charge is 0.156 e. The van der Waals surface area contributed by atoms with E-state index in [-0.39, 0.29) is 0 Å². The Kier molecular flexibility index (Phi) is 2.31. The van der Waals surface area contributed by atoms with E-state index in [1.54, 1.807) is 0 Å². The number of rotatable bonds is 2. The van der Waals surface area contributed by atoms with Crippen LogP contribution in [0.25, 0.3) is 11.5 Å². The van der Waals surface area contributed by atoms with Crippen LogP contribution >= 0.6 is 0 Å². The highest BCUT2D eigenvalue weighted by Crippen LogP contribution is 2.14. The average Bonchev–Trinajstić information content (AvgIpc) is 2.65. The Bertz CT molecular complexity index is 432. The molecule has 0 bridgehead atoms. The van der Waals surface area contributed by atoms with Crippen LogP contribution in [0.5, 0.6) is 0 Å². The molecule has 0 atom stereocenters. The highest BCUT2D eigenvalue weighted by molar-refractivity contribution is 5.50. The summed E-state index contributed by atoms with van der Waals surface area (Å²) < 4.78 is 0. The van der Waals surface area contributed by atoms with Crippen molar-refractivity contribution in [2.45, 2.75) is 20.3 Å². The Morgan fingerprint density at radius 1 is 1.36 bits per heavy atom. The van der Waals surface area contributed by atoms with E-state index in [1.165, 1.54) is 5.56 Å². The normalized spacial score (nSPS) is 10.4. The topological polar surface area (TPSA) is 41.6 Å². The van der Waals surface area contributed by atoms with Crippen LogP contribution in [0.3, 0.4) is 0 Å². The summed E-state index contributed by atoms with van der Waals surface area (Å²) in [6.07, 6.45) is 4.66. The third-order valence-corrected chi connectivity index (χ3v) is 2.18. The second-order valence-corrected chi connectivity index (χ2v) is 3.32. The monoisotopic (exact) mass is 187 g/mol. The van der Waals surface area contributed by atoms with Gasteiger partial charge >= 0.3 is 0 Å². The summed E-state index contributed by atoms with van der Waals surface area (Å²) >= 11 is 0. The number of aryl methyl sites for hydroxylation is 2. The lowest BCUT2D eigenvalue weighted by Crippen LogP contribution is -1.88. The molecule has 2 heterocycles. The SMILES string of the molecule is CCc1ccnc(-c2ncc(C)[nH]2)c1. The van der Waals surface area contributed by atoms with Gasteiger partial charge in [0.05, 0.1) is 0 Å². The van der Waals surface area contributed by atoms with E-state index in [0.29, 0.717) is 0 Å². The standard InChI is InChI=1S/C11H13N3/c1-3-9-4-5-12-10(6-9)11-13-7-8(2)14-11/h4-7H,3H2,1-2H3,(H,13,14). The Hall–Kier alpha value is -1.64. The van der Waals surface area contributed by atoms with Gasteiger partial charge in [-0.2, -0.15) is 0 Å². The Morgan fingerprint density at radius 2 is 2.21 bits per heavy atom. The molecule has 0 saturated carbocycles. The van der Waals surface area contributed by atoms with Crippen molar-refractivity contribution in [2.24, 2.45) is 0 Å². The fraction of sp³-hybridized carbons (Fsp3) is 0.273. The zero-order valence-electron chi connectivity index (χ0n) is 8.41. The van der Waals surface area contributed by atoms with Crippen molar-refractivity contribution >= 4 is 0 Å². The maximum atomic E-state index is 4.28. The molecule has 14 heavy (non-hydrogen) atoms. The molecule has 0 amide bonds. The van der Waals surface area contributed by atoms with Crippen molar-refractivity contribution in [2.75, 3.05) is 0 Å². The second-order valence-electron chi connectivity index (χ2n) is 3.32. The van der Waals surface area contributed by atoms with E-state index in [9.17, 15) is 0 Å². The van der Waals surface area contributed by atoms with Crippen molar-refractivity contribution in [3.8, 4) is 11.5 Å². The summed E-state index contributed by atoms with van der Waals surface area (Å²) in [6.45, 7) is 4.12. The summed E-state index contributed by atoms with van der Waals surface area (Å²) in [4.78, 5) is 11.7. The molecule has 0 fully saturated rings. The maximum Gasteiger partial charge on any atom is 0.156 e. The molecule has 0 aliphatic carbocycles. The number of imidazole rings is 1. The average molecular weight is 187 g/mol. The molecule has 0 unspecified atom stereocenters. The van der Waals surface area contributed by atoms with Crippen molar-refractivity contribution < 1.29 is 0 Å². The molecular weight excluding hydrogens is 174 g/mol. The summed E-state index contributed by atoms with van der Waals surface area (Å²) in [5, 5.41) is 0. The molecule has 3 heteroatoms. The van der Waals surface area contributed by atoms with Gasteiger partial charge in [-0.05, 0) is 31.0 Å². The van der Waals surface area contributed by atoms with Gasteiger partial charge in [-0.1, -0.05) is 6.92 Å². The van der Waals surface area contributed by atoms with Crippen LogP contribution in [0, 0.1) is 6.92 Å². The summed E-state index contributed by atoms with van der Waals surface area (Å²) in [5.74, 6) is 0.845. The Balaban J connectivity index is 2.41. The van der Waals surface area contributed by atoms with Crippen LogP contribution in [0.2, 0.25) is 0 Å². The van der Waals surface area contributed by atoms with E-state index in [0.717, 1.165) is 23.6 Å². The van der Waals surface area contributed by atoms with Gasteiger partial charge in [0, 0.05) is 18.1 Å². The number of hydrogen-bond acceptors (Lipinski definition) is 2. The molecule has 2 rings (SSSR count). The number of aromatic nitrogens is 3. The molecule has 72 valence electrons. The van der Waals surface area contributed by atoms with E-state index in [4.69, 9.17) is 0 Å². The number of nitrogens with one attached hydrogen (secondary N) is 1. The van der Waals surface area contributed by atoms with Gasteiger partial charge in [-0.3, -0.25) is 4.98 Å². The first-order valence-electron chi connectivity index (χ1n) is 4.76. The molecule has 2 aromatic heterocycles. The van der Waals surface area contributed by atoms with Gasteiger partial charge in [0.2, 0.25) is 0 Å². The largest absolute Gasteiger partial charge is 0.341 e. The molecular formula is C11H13N3. The summed E-state index contributed by atoms with van der Waals surface area (Å²) in [6, 6.07) is 4.09. The van der Waals surface area contributed by atoms with Crippen molar-refractivity contribution in [3.05, 3.63) is 35.8 Å². The van der Waals surface area contributed by atoms with Crippen molar-refractivity contribution in [3.63, 3.8) is 0 Å². The predicted molar refractivity (Wildman–Crippen MR) is 55.9 cm³/mol. The first-order chi connectivity index (χ1) is 6.79. The van der Waals surface area contributed by atoms with E-state index >= 15 is 0 Å². The van der Waals surface area contributed by atoms with Crippen molar-refractivity contribution in [1.82, 2.24) is 15.0 Å². The summed E-state index contributed by atoms with van der Waals surface area (Å²) in [5.41, 5.74) is 3.25. The molecule has 3 nitrogen and oxygen atoms in total. The number of aromatic amines is 1. The van der Waals surface area contributed by atoms with Gasteiger partial charge < -0.3 is 4.98 Å². The molecule has 0 spiro atoms. The fourth-order valence-corrected chi connectivity index (χ4v) is 1.37. The molecule has 2 aromatic rings. The number of hydrogen-bond donors (Lipinski definition) is 1. The second kappa shape index (κ2) is 3.62. The molecule has 0 radical (unpaired) electrons. The van der Waals surface area contributed by atoms with Crippen LogP contribution in [-0.4, -0.2) is 15.0 Å². The number of H-pyrrole nitrogens is 1. The van der Waals surface area contributed by atoms with Crippen molar-refractivity contribution in [1.29, 1.82) is 0 Å². The molecule has 1 N–H and O–H groups in total. The van der Waals surface area contributed by atoms with Gasteiger partial charge in [0.15, 0.2) is 5.82 Å². The quantitative estimate of drug-likeness (QED) is 0.784. The highest BCUT2D eigenvalue weighted by atomic mass is 14.9.